The molecule has 2 aromatic carbocycles. The van der Waals surface area contributed by atoms with E-state index in [1.54, 1.807) is 20.2 Å². The van der Waals surface area contributed by atoms with E-state index in [2.05, 4.69) is 0 Å². The third kappa shape index (κ3) is 4.19. The summed E-state index contributed by atoms with van der Waals surface area (Å²) in [7, 11) is 3.15. The second-order valence-corrected chi connectivity index (χ2v) is 11.6. The van der Waals surface area contributed by atoms with Crippen LogP contribution in [-0.4, -0.2) is 68.5 Å². The van der Waals surface area contributed by atoms with Gasteiger partial charge in [0.25, 0.3) is 5.91 Å². The van der Waals surface area contributed by atoms with Gasteiger partial charge in [-0.2, -0.15) is 0 Å². The van der Waals surface area contributed by atoms with E-state index in [9.17, 15) is 34.8 Å². The number of Topliss-reactive ketones (excluding diaryl/α,β-unsaturated/α-hetero) is 2. The first-order valence-electron chi connectivity index (χ1n) is 13.6. The van der Waals surface area contributed by atoms with Crippen molar-refractivity contribution in [2.45, 2.75) is 44.2 Å². The van der Waals surface area contributed by atoms with Gasteiger partial charge in [0.2, 0.25) is 5.78 Å². The molecule has 1 fully saturated rings. The van der Waals surface area contributed by atoms with Crippen molar-refractivity contribution in [1.29, 1.82) is 0 Å². The molecule has 3 aliphatic carbocycles. The van der Waals surface area contributed by atoms with Gasteiger partial charge in [-0.15, -0.1) is 0 Å². The van der Waals surface area contributed by atoms with Crippen molar-refractivity contribution in [2.75, 3.05) is 14.1 Å². The van der Waals surface area contributed by atoms with Crippen LogP contribution in [0.25, 0.3) is 17.9 Å². The van der Waals surface area contributed by atoms with E-state index in [0.29, 0.717) is 11.1 Å². The monoisotopic (exact) mass is 558 g/mol. The highest BCUT2D eigenvalue weighted by molar-refractivity contribution is 6.24. The number of carbonyl (C=O) groups is 3. The number of likely N-dealkylation sites (N-methyl/N-ethyl adjacent to an activating group) is 1. The minimum atomic E-state index is -2.66. The van der Waals surface area contributed by atoms with Crippen molar-refractivity contribution in [2.24, 2.45) is 17.6 Å². The zero-order chi connectivity index (χ0) is 30.0. The summed E-state index contributed by atoms with van der Waals surface area (Å²) in [5.74, 6) is -6.57. The van der Waals surface area contributed by atoms with Gasteiger partial charge in [0, 0.05) is 17.1 Å². The number of amides is 1. The predicted molar refractivity (Wildman–Crippen MR) is 154 cm³/mol. The highest BCUT2D eigenvalue weighted by Gasteiger charge is 2.64. The molecular formula is C32H34N2O7. The molecule has 0 aliphatic heterocycles. The van der Waals surface area contributed by atoms with Gasteiger partial charge in [-0.25, -0.2) is 0 Å². The van der Waals surface area contributed by atoms with E-state index in [1.807, 2.05) is 56.3 Å². The van der Waals surface area contributed by atoms with Crippen LogP contribution >= 0.6 is 0 Å². The number of aromatic hydroxyl groups is 1. The van der Waals surface area contributed by atoms with Crippen molar-refractivity contribution in [3.05, 3.63) is 81.1 Å². The van der Waals surface area contributed by atoms with Crippen LogP contribution in [-0.2, 0) is 20.8 Å². The molecule has 41 heavy (non-hydrogen) atoms. The van der Waals surface area contributed by atoms with Gasteiger partial charge in [0.15, 0.2) is 11.4 Å². The number of aliphatic hydroxyl groups is 3. The first kappa shape index (κ1) is 28.3. The average molecular weight is 559 g/mol. The molecule has 1 amide bonds. The molecule has 5 rings (SSSR count). The van der Waals surface area contributed by atoms with Gasteiger partial charge >= 0.3 is 0 Å². The van der Waals surface area contributed by atoms with Gasteiger partial charge in [0.05, 0.1) is 11.6 Å². The molecule has 3 aliphatic rings. The molecule has 214 valence electrons. The number of phenols is 1. The Morgan fingerprint density at radius 3 is 2.34 bits per heavy atom. The fourth-order valence-corrected chi connectivity index (χ4v) is 6.75. The van der Waals surface area contributed by atoms with E-state index in [0.717, 1.165) is 11.1 Å². The zero-order valence-corrected chi connectivity index (χ0v) is 23.4. The van der Waals surface area contributed by atoms with Crippen LogP contribution in [0, 0.1) is 11.8 Å². The molecule has 0 bridgehead atoms. The van der Waals surface area contributed by atoms with Gasteiger partial charge < -0.3 is 26.2 Å². The number of benzene rings is 2. The second-order valence-electron chi connectivity index (χ2n) is 11.6. The van der Waals surface area contributed by atoms with Gasteiger partial charge in [0.1, 0.15) is 22.8 Å². The number of nitrogens with zero attached hydrogens (tertiary/aromatic N) is 1. The number of carbonyl (C=O) groups excluding carboxylic acids is 3. The molecule has 4 atom stereocenters. The molecule has 0 aromatic heterocycles. The fraction of sp³-hybridized carbons (Fsp3) is 0.344. The Bertz CT molecular complexity index is 1570. The van der Waals surface area contributed by atoms with Crippen molar-refractivity contribution in [3.63, 3.8) is 0 Å². The summed E-state index contributed by atoms with van der Waals surface area (Å²) in [5.41, 5.74) is 4.75. The Kier molecular flexibility index (Phi) is 6.91. The van der Waals surface area contributed by atoms with Crippen molar-refractivity contribution >= 4 is 35.4 Å². The predicted octanol–water partition coefficient (Wildman–Crippen LogP) is 3.26. The summed E-state index contributed by atoms with van der Waals surface area (Å²) in [6.45, 7) is 3.99. The summed E-state index contributed by atoms with van der Waals surface area (Å²) in [6.07, 6.45) is 3.88. The molecule has 0 heterocycles. The lowest BCUT2D eigenvalue weighted by Crippen LogP contribution is -2.65. The maximum Gasteiger partial charge on any atom is 0.255 e. The highest BCUT2D eigenvalue weighted by atomic mass is 16.3. The van der Waals surface area contributed by atoms with E-state index < -0.39 is 58.0 Å². The Labute approximate surface area is 237 Å². The van der Waals surface area contributed by atoms with Crippen LogP contribution in [0.2, 0.25) is 0 Å². The molecule has 0 radical (unpaired) electrons. The SMILES string of the molecule is CC(C)c1cc(/C=C/c2ccccc2)c(O)c2c1C[C@@H]1C[C@@H]3[C@@H](N(C)C)C(=O)C(C(N)=O)=C(O)[C@]3(O)C(=O)C1=C2O. The second kappa shape index (κ2) is 10.0. The maximum absolute atomic E-state index is 14.1. The summed E-state index contributed by atoms with van der Waals surface area (Å²) in [4.78, 5) is 41.0. The standard InChI is InChI=1S/C32H34N2O7/c1-15(2)19-12-17(11-10-16-8-6-5-7-9-16)26(35)23-20(19)13-18-14-21-25(34(3)4)28(37)24(31(33)40)30(39)32(21,41)29(38)22(18)27(23)36/h5-12,15,18,21,25,35-36,39,41H,13-14H2,1-4H3,(H2,33,40)/b11-10+/t18-,21-,25-,32-/m1/s1. The number of fused-ring (bicyclic) bond motifs is 3. The number of rotatable bonds is 5. The topological polar surface area (TPSA) is 161 Å². The molecule has 1 saturated carbocycles. The molecule has 2 aromatic rings. The van der Waals surface area contributed by atoms with Crippen molar-refractivity contribution in [1.82, 2.24) is 4.90 Å². The molecule has 9 nitrogen and oxygen atoms in total. The normalized spacial score (nSPS) is 26.1. The molecular weight excluding hydrogens is 524 g/mol. The number of aliphatic hydroxyl groups excluding tert-OH is 2. The average Bonchev–Trinajstić information content (AvgIpc) is 2.90. The number of phenolic OH excluding ortho intramolecular Hbond substituents is 1. The number of ketones is 2. The fourth-order valence-electron chi connectivity index (χ4n) is 6.75. The summed E-state index contributed by atoms with van der Waals surface area (Å²) >= 11 is 0. The lowest BCUT2D eigenvalue weighted by molar-refractivity contribution is -0.153. The van der Waals surface area contributed by atoms with E-state index in [1.165, 1.54) is 4.90 Å². The molecule has 6 N–H and O–H groups in total. The summed E-state index contributed by atoms with van der Waals surface area (Å²) in [5, 5.41) is 45.8. The van der Waals surface area contributed by atoms with Crippen molar-refractivity contribution in [3.8, 4) is 5.75 Å². The smallest absolute Gasteiger partial charge is 0.255 e. The Morgan fingerprint density at radius 2 is 1.76 bits per heavy atom. The number of hydrogen-bond acceptors (Lipinski definition) is 8. The maximum atomic E-state index is 14.1. The summed E-state index contributed by atoms with van der Waals surface area (Å²) < 4.78 is 0. The zero-order valence-electron chi connectivity index (χ0n) is 23.4. The Morgan fingerprint density at radius 1 is 1.10 bits per heavy atom. The first-order chi connectivity index (χ1) is 19.3. The largest absolute Gasteiger partial charge is 0.508 e. The van der Waals surface area contributed by atoms with E-state index >= 15 is 0 Å². The van der Waals surface area contributed by atoms with E-state index in [4.69, 9.17) is 5.73 Å². The number of hydrogen-bond donors (Lipinski definition) is 5. The van der Waals surface area contributed by atoms with Crippen LogP contribution in [0.5, 0.6) is 5.75 Å². The lowest BCUT2D eigenvalue weighted by Gasteiger charge is -2.50. The minimum absolute atomic E-state index is 0.00897. The quantitative estimate of drug-likeness (QED) is 0.276. The third-order valence-corrected chi connectivity index (χ3v) is 8.66. The van der Waals surface area contributed by atoms with Crippen LogP contribution in [0.3, 0.4) is 0 Å². The molecule has 0 saturated heterocycles. The number of primary amides is 1. The molecule has 0 spiro atoms. The van der Waals surface area contributed by atoms with Crippen LogP contribution in [0.1, 0.15) is 54.0 Å². The van der Waals surface area contributed by atoms with Crippen LogP contribution in [0.4, 0.5) is 0 Å². The molecule has 9 heteroatoms. The Hall–Kier alpha value is -4.21. The van der Waals surface area contributed by atoms with E-state index in [-0.39, 0.29) is 35.6 Å². The minimum Gasteiger partial charge on any atom is -0.508 e. The molecule has 0 unspecified atom stereocenters. The number of nitrogens with two attached hydrogens (primary N) is 1. The third-order valence-electron chi connectivity index (χ3n) is 8.66. The van der Waals surface area contributed by atoms with Crippen LogP contribution < -0.4 is 5.73 Å². The van der Waals surface area contributed by atoms with Gasteiger partial charge in [-0.1, -0.05) is 56.3 Å². The van der Waals surface area contributed by atoms with Gasteiger partial charge in [-0.3, -0.25) is 19.3 Å². The lowest BCUT2D eigenvalue weighted by atomic mass is 9.57. The van der Waals surface area contributed by atoms with Crippen molar-refractivity contribution < 1.29 is 34.8 Å². The highest BCUT2D eigenvalue weighted by Crippen LogP contribution is 2.53. The summed E-state index contributed by atoms with van der Waals surface area (Å²) in [6, 6.07) is 10.3. The van der Waals surface area contributed by atoms with Crippen LogP contribution in [0.15, 0.2) is 53.3 Å². The Balaban J connectivity index is 1.72. The first-order valence-corrected chi connectivity index (χ1v) is 13.6. The van der Waals surface area contributed by atoms with Gasteiger partial charge in [-0.05, 0) is 61.5 Å².